The predicted molar refractivity (Wildman–Crippen MR) is 52.4 cm³/mol. The van der Waals surface area contributed by atoms with Crippen LogP contribution in [-0.4, -0.2) is 43.0 Å². The summed E-state index contributed by atoms with van der Waals surface area (Å²) in [6.45, 7) is -0.370. The molecule has 76 valence electrons. The highest BCUT2D eigenvalue weighted by Gasteiger charge is 2.19. The Morgan fingerprint density at radius 3 is 2.23 bits per heavy atom. The van der Waals surface area contributed by atoms with Gasteiger partial charge >= 0.3 is 0 Å². The van der Waals surface area contributed by atoms with Gasteiger partial charge in [0.25, 0.3) is 0 Å². The molecule has 0 rings (SSSR count). The fourth-order valence-electron chi connectivity index (χ4n) is 0.608. The van der Waals surface area contributed by atoms with E-state index in [0.717, 1.165) is 4.31 Å². The number of hydrogen-bond acceptors (Lipinski definition) is 4. The quantitative estimate of drug-likeness (QED) is 0.527. The molecule has 0 bridgehead atoms. The molecule has 0 aromatic carbocycles. The standard InChI is InChI=1S/C5H11N3O3S2/c1-8(2-4(6)9)13(10,11)3-5(7)12/h2-3H2,1H3,(H2,6,9)(H2,7,12). The molecular weight excluding hydrogens is 214 g/mol. The molecule has 13 heavy (non-hydrogen) atoms. The molecule has 6 nitrogen and oxygen atoms in total. The van der Waals surface area contributed by atoms with Gasteiger partial charge in [0.1, 0.15) is 5.75 Å². The Balaban J connectivity index is 4.46. The van der Waals surface area contributed by atoms with Crippen LogP contribution in [0, 0.1) is 0 Å². The number of nitrogens with zero attached hydrogens (tertiary/aromatic N) is 1. The molecule has 4 N–H and O–H groups in total. The van der Waals surface area contributed by atoms with Crippen LogP contribution in [-0.2, 0) is 14.8 Å². The van der Waals surface area contributed by atoms with Crippen LogP contribution >= 0.6 is 12.2 Å². The maximum absolute atomic E-state index is 11.2. The largest absolute Gasteiger partial charge is 0.392 e. The number of primary amides is 1. The normalized spacial score (nSPS) is 11.5. The lowest BCUT2D eigenvalue weighted by molar-refractivity contribution is -0.118. The highest BCUT2D eigenvalue weighted by molar-refractivity contribution is 7.92. The molecular formula is C5H11N3O3S2. The van der Waals surface area contributed by atoms with E-state index in [1.54, 1.807) is 0 Å². The predicted octanol–water partition coefficient (Wildman–Crippen LogP) is -1.98. The Hall–Kier alpha value is -0.730. The summed E-state index contributed by atoms with van der Waals surface area (Å²) < 4.78 is 23.3. The van der Waals surface area contributed by atoms with Crippen molar-refractivity contribution in [1.82, 2.24) is 4.31 Å². The van der Waals surface area contributed by atoms with Gasteiger partial charge in [0.05, 0.1) is 11.5 Å². The lowest BCUT2D eigenvalue weighted by Gasteiger charge is -2.14. The molecule has 0 saturated heterocycles. The van der Waals surface area contributed by atoms with E-state index in [0.29, 0.717) is 0 Å². The van der Waals surface area contributed by atoms with Crippen molar-refractivity contribution in [2.75, 3.05) is 19.3 Å². The van der Waals surface area contributed by atoms with Gasteiger partial charge in [-0.1, -0.05) is 12.2 Å². The molecule has 0 fully saturated rings. The van der Waals surface area contributed by atoms with Crippen LogP contribution in [0.3, 0.4) is 0 Å². The summed E-state index contributed by atoms with van der Waals surface area (Å²) in [7, 11) is -2.35. The summed E-state index contributed by atoms with van der Waals surface area (Å²) in [5, 5.41) is 0. The van der Waals surface area contributed by atoms with Crippen molar-refractivity contribution >= 4 is 33.1 Å². The molecule has 0 aromatic rings. The molecule has 0 heterocycles. The molecule has 0 aliphatic rings. The third-order valence-electron chi connectivity index (χ3n) is 1.18. The Morgan fingerprint density at radius 2 is 1.92 bits per heavy atom. The molecule has 0 radical (unpaired) electrons. The van der Waals surface area contributed by atoms with Gasteiger partial charge in [-0.3, -0.25) is 4.79 Å². The first kappa shape index (κ1) is 12.3. The number of rotatable bonds is 5. The van der Waals surface area contributed by atoms with Crippen LogP contribution in [0.4, 0.5) is 0 Å². The Bertz CT molecular complexity index is 311. The van der Waals surface area contributed by atoms with Gasteiger partial charge in [-0.15, -0.1) is 0 Å². The SMILES string of the molecule is CN(CC(N)=O)S(=O)(=O)CC(N)=S. The Kier molecular flexibility index (Phi) is 4.24. The topological polar surface area (TPSA) is 106 Å². The molecule has 0 unspecified atom stereocenters. The minimum Gasteiger partial charge on any atom is -0.392 e. The monoisotopic (exact) mass is 225 g/mol. The Morgan fingerprint density at radius 1 is 1.46 bits per heavy atom. The maximum atomic E-state index is 11.2. The maximum Gasteiger partial charge on any atom is 0.232 e. The molecule has 8 heteroatoms. The van der Waals surface area contributed by atoms with Gasteiger partial charge in [-0.25, -0.2) is 8.42 Å². The third-order valence-corrected chi connectivity index (χ3v) is 3.26. The number of hydrogen-bond donors (Lipinski definition) is 2. The number of nitrogens with two attached hydrogens (primary N) is 2. The van der Waals surface area contributed by atoms with Crippen LogP contribution in [0.2, 0.25) is 0 Å². The zero-order chi connectivity index (χ0) is 10.6. The summed E-state index contributed by atoms with van der Waals surface area (Å²) in [5.74, 6) is -1.18. The van der Waals surface area contributed by atoms with E-state index in [9.17, 15) is 13.2 Å². The molecule has 0 aromatic heterocycles. The van der Waals surface area contributed by atoms with Crippen LogP contribution in [0.25, 0.3) is 0 Å². The van der Waals surface area contributed by atoms with Crippen LogP contribution < -0.4 is 11.5 Å². The second-order valence-corrected chi connectivity index (χ2v) is 5.05. The summed E-state index contributed by atoms with van der Waals surface area (Å²) in [6, 6.07) is 0. The van der Waals surface area contributed by atoms with E-state index >= 15 is 0 Å². The second kappa shape index (κ2) is 4.49. The first-order valence-corrected chi connectivity index (χ1v) is 5.28. The average molecular weight is 225 g/mol. The first-order valence-electron chi connectivity index (χ1n) is 3.26. The van der Waals surface area contributed by atoms with Crippen molar-refractivity contribution in [3.8, 4) is 0 Å². The van der Waals surface area contributed by atoms with Crippen molar-refractivity contribution in [1.29, 1.82) is 0 Å². The molecule has 0 spiro atoms. The molecule has 0 aliphatic carbocycles. The van der Waals surface area contributed by atoms with Crippen molar-refractivity contribution in [3.63, 3.8) is 0 Å². The van der Waals surface area contributed by atoms with E-state index in [4.69, 9.17) is 11.5 Å². The molecule has 0 aliphatic heterocycles. The minimum atomic E-state index is -3.59. The number of amides is 1. The third kappa shape index (κ3) is 4.76. The van der Waals surface area contributed by atoms with Gasteiger partial charge < -0.3 is 11.5 Å². The lowest BCUT2D eigenvalue weighted by Crippen LogP contribution is -2.39. The number of likely N-dealkylation sites (N-methyl/N-ethyl adjacent to an activating group) is 1. The summed E-state index contributed by atoms with van der Waals surface area (Å²) >= 11 is 4.43. The van der Waals surface area contributed by atoms with E-state index in [1.165, 1.54) is 7.05 Å². The fourth-order valence-corrected chi connectivity index (χ4v) is 1.96. The van der Waals surface area contributed by atoms with E-state index in [2.05, 4.69) is 12.2 Å². The average Bonchev–Trinajstić information content (AvgIpc) is 1.81. The Labute approximate surface area is 81.9 Å². The van der Waals surface area contributed by atoms with Crippen LogP contribution in [0.5, 0.6) is 0 Å². The summed E-state index contributed by atoms with van der Waals surface area (Å²) in [6.07, 6.45) is 0. The number of sulfonamides is 1. The highest BCUT2D eigenvalue weighted by atomic mass is 32.2. The lowest BCUT2D eigenvalue weighted by atomic mass is 10.6. The van der Waals surface area contributed by atoms with Crippen LogP contribution in [0.1, 0.15) is 0 Å². The van der Waals surface area contributed by atoms with Crippen molar-refractivity contribution < 1.29 is 13.2 Å². The number of carbonyl (C=O) groups excluding carboxylic acids is 1. The zero-order valence-corrected chi connectivity index (χ0v) is 8.69. The van der Waals surface area contributed by atoms with Gasteiger partial charge in [-0.2, -0.15) is 4.31 Å². The van der Waals surface area contributed by atoms with E-state index in [-0.39, 0.29) is 11.5 Å². The van der Waals surface area contributed by atoms with Gasteiger partial charge in [0, 0.05) is 7.05 Å². The van der Waals surface area contributed by atoms with Gasteiger partial charge in [-0.05, 0) is 0 Å². The molecule has 0 saturated carbocycles. The fraction of sp³-hybridized carbons (Fsp3) is 0.600. The summed E-state index contributed by atoms with van der Waals surface area (Å²) in [5.41, 5.74) is 9.87. The minimum absolute atomic E-state index is 0.142. The number of carbonyl (C=O) groups is 1. The van der Waals surface area contributed by atoms with Crippen molar-refractivity contribution in [3.05, 3.63) is 0 Å². The number of thiocarbonyl (C=S) groups is 1. The highest BCUT2D eigenvalue weighted by Crippen LogP contribution is 1.96. The van der Waals surface area contributed by atoms with E-state index < -0.39 is 21.7 Å². The first-order chi connectivity index (χ1) is 5.75. The zero-order valence-electron chi connectivity index (χ0n) is 7.06. The molecule has 0 atom stereocenters. The molecule has 1 amide bonds. The second-order valence-electron chi connectivity index (χ2n) is 2.44. The van der Waals surface area contributed by atoms with E-state index in [1.807, 2.05) is 0 Å². The summed E-state index contributed by atoms with van der Waals surface area (Å²) in [4.78, 5) is 10.3. The van der Waals surface area contributed by atoms with Crippen LogP contribution in [0.15, 0.2) is 0 Å². The smallest absolute Gasteiger partial charge is 0.232 e. The van der Waals surface area contributed by atoms with Gasteiger partial charge in [0.2, 0.25) is 15.9 Å². The van der Waals surface area contributed by atoms with Crippen molar-refractivity contribution in [2.24, 2.45) is 11.5 Å². The van der Waals surface area contributed by atoms with Gasteiger partial charge in [0.15, 0.2) is 0 Å². The van der Waals surface area contributed by atoms with Crippen molar-refractivity contribution in [2.45, 2.75) is 0 Å².